The Morgan fingerprint density at radius 2 is 1.75 bits per heavy atom. The summed E-state index contributed by atoms with van der Waals surface area (Å²) < 4.78 is 5.90. The minimum atomic E-state index is 0.347. The SMILES string of the molecule is CC1CCC(Oc2ccc(N)c(N)c2)CC1. The van der Waals surface area contributed by atoms with Crippen LogP contribution in [0.1, 0.15) is 32.6 Å². The lowest BCUT2D eigenvalue weighted by Crippen LogP contribution is -2.23. The van der Waals surface area contributed by atoms with Crippen molar-refractivity contribution in [1.29, 1.82) is 0 Å². The van der Waals surface area contributed by atoms with Crippen molar-refractivity contribution in [3.63, 3.8) is 0 Å². The monoisotopic (exact) mass is 220 g/mol. The second-order valence-electron chi connectivity index (χ2n) is 4.79. The highest BCUT2D eigenvalue weighted by atomic mass is 16.5. The van der Waals surface area contributed by atoms with E-state index in [1.54, 1.807) is 6.07 Å². The van der Waals surface area contributed by atoms with Crippen molar-refractivity contribution in [2.24, 2.45) is 5.92 Å². The number of rotatable bonds is 2. The van der Waals surface area contributed by atoms with E-state index in [0.717, 1.165) is 24.5 Å². The molecule has 0 radical (unpaired) electrons. The van der Waals surface area contributed by atoms with Gasteiger partial charge in [0.05, 0.1) is 17.5 Å². The maximum atomic E-state index is 5.90. The van der Waals surface area contributed by atoms with Crippen molar-refractivity contribution < 1.29 is 4.74 Å². The molecule has 1 fully saturated rings. The average Bonchev–Trinajstić information content (AvgIpc) is 2.27. The van der Waals surface area contributed by atoms with E-state index in [2.05, 4.69) is 6.92 Å². The molecule has 1 aromatic carbocycles. The Bertz CT molecular complexity index is 357. The van der Waals surface area contributed by atoms with Crippen molar-refractivity contribution in [2.75, 3.05) is 11.5 Å². The lowest BCUT2D eigenvalue weighted by Gasteiger charge is -2.27. The van der Waals surface area contributed by atoms with Crippen LogP contribution in [-0.2, 0) is 0 Å². The largest absolute Gasteiger partial charge is 0.490 e. The summed E-state index contributed by atoms with van der Waals surface area (Å²) in [4.78, 5) is 0. The minimum Gasteiger partial charge on any atom is -0.490 e. The zero-order valence-electron chi connectivity index (χ0n) is 9.78. The molecule has 0 spiro atoms. The van der Waals surface area contributed by atoms with Gasteiger partial charge in [0.2, 0.25) is 0 Å². The summed E-state index contributed by atoms with van der Waals surface area (Å²) >= 11 is 0. The standard InChI is InChI=1S/C13H20N2O/c1-9-2-4-10(5-3-9)16-11-6-7-12(14)13(15)8-11/h6-10H,2-5,14-15H2,1H3. The molecule has 1 aliphatic carbocycles. The van der Waals surface area contributed by atoms with Crippen LogP contribution >= 0.6 is 0 Å². The van der Waals surface area contributed by atoms with Crippen LogP contribution < -0.4 is 16.2 Å². The first kappa shape index (κ1) is 11.1. The van der Waals surface area contributed by atoms with Crippen LogP contribution in [0.15, 0.2) is 18.2 Å². The topological polar surface area (TPSA) is 61.3 Å². The average molecular weight is 220 g/mol. The molecule has 0 aliphatic heterocycles. The van der Waals surface area contributed by atoms with Gasteiger partial charge in [0.15, 0.2) is 0 Å². The molecular weight excluding hydrogens is 200 g/mol. The third kappa shape index (κ3) is 2.60. The van der Waals surface area contributed by atoms with Crippen molar-refractivity contribution in [3.05, 3.63) is 18.2 Å². The summed E-state index contributed by atoms with van der Waals surface area (Å²) in [6, 6.07) is 5.51. The molecule has 4 N–H and O–H groups in total. The predicted octanol–water partition coefficient (Wildman–Crippen LogP) is 2.81. The molecule has 0 saturated heterocycles. The maximum Gasteiger partial charge on any atom is 0.121 e. The van der Waals surface area contributed by atoms with Gasteiger partial charge in [-0.3, -0.25) is 0 Å². The summed E-state index contributed by atoms with van der Waals surface area (Å²) in [7, 11) is 0. The van der Waals surface area contributed by atoms with E-state index in [1.165, 1.54) is 12.8 Å². The van der Waals surface area contributed by atoms with Gasteiger partial charge in [-0.2, -0.15) is 0 Å². The van der Waals surface area contributed by atoms with Gasteiger partial charge in [-0.15, -0.1) is 0 Å². The molecule has 0 aromatic heterocycles. The molecule has 88 valence electrons. The summed E-state index contributed by atoms with van der Waals surface area (Å²) in [5.41, 5.74) is 12.6. The van der Waals surface area contributed by atoms with E-state index in [1.807, 2.05) is 12.1 Å². The summed E-state index contributed by atoms with van der Waals surface area (Å²) in [6.45, 7) is 2.30. The Morgan fingerprint density at radius 3 is 2.38 bits per heavy atom. The molecule has 1 aliphatic rings. The molecule has 3 nitrogen and oxygen atoms in total. The van der Waals surface area contributed by atoms with Crippen molar-refractivity contribution in [1.82, 2.24) is 0 Å². The van der Waals surface area contributed by atoms with E-state index in [9.17, 15) is 0 Å². The van der Waals surface area contributed by atoms with E-state index in [0.29, 0.717) is 17.5 Å². The number of hydrogen-bond donors (Lipinski definition) is 2. The second kappa shape index (κ2) is 4.64. The van der Waals surface area contributed by atoms with E-state index in [-0.39, 0.29) is 0 Å². The van der Waals surface area contributed by atoms with Crippen LogP contribution in [0.2, 0.25) is 0 Å². The normalized spacial score (nSPS) is 25.3. The van der Waals surface area contributed by atoms with Crippen LogP contribution in [0, 0.1) is 5.92 Å². The number of hydrogen-bond acceptors (Lipinski definition) is 3. The van der Waals surface area contributed by atoms with Crippen molar-refractivity contribution in [2.45, 2.75) is 38.7 Å². The van der Waals surface area contributed by atoms with Crippen LogP contribution in [0.5, 0.6) is 5.75 Å². The Hall–Kier alpha value is -1.38. The minimum absolute atomic E-state index is 0.347. The van der Waals surface area contributed by atoms with Crippen molar-refractivity contribution in [3.8, 4) is 5.75 Å². The number of nitrogens with two attached hydrogens (primary N) is 2. The molecule has 0 bridgehead atoms. The van der Waals surface area contributed by atoms with Crippen LogP contribution in [-0.4, -0.2) is 6.10 Å². The Kier molecular flexibility index (Phi) is 3.22. The van der Waals surface area contributed by atoms with Gasteiger partial charge in [-0.05, 0) is 43.7 Å². The number of nitrogen functional groups attached to an aromatic ring is 2. The molecule has 3 heteroatoms. The Morgan fingerprint density at radius 1 is 1.06 bits per heavy atom. The fourth-order valence-electron chi connectivity index (χ4n) is 2.17. The third-order valence-corrected chi connectivity index (χ3v) is 3.32. The van der Waals surface area contributed by atoms with Gasteiger partial charge in [0.1, 0.15) is 5.75 Å². The number of benzene rings is 1. The smallest absolute Gasteiger partial charge is 0.121 e. The fraction of sp³-hybridized carbons (Fsp3) is 0.538. The second-order valence-corrected chi connectivity index (χ2v) is 4.79. The summed E-state index contributed by atoms with van der Waals surface area (Å²) in [6.07, 6.45) is 5.15. The molecule has 16 heavy (non-hydrogen) atoms. The first-order chi connectivity index (χ1) is 7.65. The number of anilines is 2. The molecule has 0 unspecified atom stereocenters. The van der Waals surface area contributed by atoms with Crippen LogP contribution in [0.25, 0.3) is 0 Å². The molecular formula is C13H20N2O. The zero-order chi connectivity index (χ0) is 11.5. The first-order valence-corrected chi connectivity index (χ1v) is 5.97. The quantitative estimate of drug-likeness (QED) is 0.753. The van der Waals surface area contributed by atoms with Crippen LogP contribution in [0.3, 0.4) is 0 Å². The molecule has 0 amide bonds. The molecule has 0 heterocycles. The van der Waals surface area contributed by atoms with E-state index < -0.39 is 0 Å². The summed E-state index contributed by atoms with van der Waals surface area (Å²) in [5.74, 6) is 1.68. The van der Waals surface area contributed by atoms with Gasteiger partial charge in [-0.25, -0.2) is 0 Å². The lowest BCUT2D eigenvalue weighted by molar-refractivity contribution is 0.135. The Labute approximate surface area is 96.8 Å². The van der Waals surface area contributed by atoms with Gasteiger partial charge in [0.25, 0.3) is 0 Å². The lowest BCUT2D eigenvalue weighted by atomic mass is 9.89. The Balaban J connectivity index is 1.96. The van der Waals surface area contributed by atoms with Gasteiger partial charge in [0, 0.05) is 6.07 Å². The fourth-order valence-corrected chi connectivity index (χ4v) is 2.17. The van der Waals surface area contributed by atoms with E-state index in [4.69, 9.17) is 16.2 Å². The highest BCUT2D eigenvalue weighted by Crippen LogP contribution is 2.29. The molecule has 1 saturated carbocycles. The van der Waals surface area contributed by atoms with E-state index >= 15 is 0 Å². The third-order valence-electron chi connectivity index (χ3n) is 3.32. The highest BCUT2D eigenvalue weighted by Gasteiger charge is 2.19. The highest BCUT2D eigenvalue weighted by molar-refractivity contribution is 5.65. The first-order valence-electron chi connectivity index (χ1n) is 5.97. The molecule has 1 aromatic rings. The zero-order valence-corrected chi connectivity index (χ0v) is 9.78. The number of ether oxygens (including phenoxy) is 1. The van der Waals surface area contributed by atoms with Gasteiger partial charge in [-0.1, -0.05) is 6.92 Å². The van der Waals surface area contributed by atoms with Crippen molar-refractivity contribution >= 4 is 11.4 Å². The van der Waals surface area contributed by atoms with Gasteiger partial charge < -0.3 is 16.2 Å². The predicted molar refractivity (Wildman–Crippen MR) is 67.3 cm³/mol. The molecule has 2 rings (SSSR count). The summed E-state index contributed by atoms with van der Waals surface area (Å²) in [5, 5.41) is 0. The van der Waals surface area contributed by atoms with Crippen LogP contribution in [0.4, 0.5) is 11.4 Å². The molecule has 0 atom stereocenters. The van der Waals surface area contributed by atoms with Gasteiger partial charge >= 0.3 is 0 Å². The maximum absolute atomic E-state index is 5.90.